The molecule has 0 aliphatic heterocycles. The average molecular weight is 555 g/mol. The van der Waals surface area contributed by atoms with Crippen molar-refractivity contribution in [1.29, 1.82) is 0 Å². The van der Waals surface area contributed by atoms with Gasteiger partial charge in [-0.05, 0) is 42.5 Å². The normalized spacial score (nSPS) is 14.2. The molecule has 0 spiro atoms. The summed E-state index contributed by atoms with van der Waals surface area (Å²) in [5.41, 5.74) is 11.3. The van der Waals surface area contributed by atoms with Crippen LogP contribution in [0.15, 0.2) is 64.9 Å². The molecule has 6 rings (SSSR count). The molecule has 1 aliphatic carbocycles. The first-order chi connectivity index (χ1) is 19.2. The average Bonchev–Trinajstić information content (AvgIpc) is 3.30. The number of rotatable bonds is 6. The molecule has 9 nitrogen and oxygen atoms in total. The molecular weight excluding hydrogens is 527 g/mol. The highest BCUT2D eigenvalue weighted by atomic mass is 32.1. The Hall–Kier alpha value is -4.64. The zero-order chi connectivity index (χ0) is 28.0. The zero-order valence-electron chi connectivity index (χ0n) is 22.2. The molecular formula is C29H27FN8OS. The molecule has 5 aromatic heterocycles. The summed E-state index contributed by atoms with van der Waals surface area (Å²) in [6.45, 7) is 5.49. The van der Waals surface area contributed by atoms with Crippen LogP contribution in [0.3, 0.4) is 0 Å². The van der Waals surface area contributed by atoms with Gasteiger partial charge in [0.15, 0.2) is 11.6 Å². The van der Waals surface area contributed by atoms with Crippen molar-refractivity contribution in [3.8, 4) is 22.8 Å². The van der Waals surface area contributed by atoms with Crippen LogP contribution >= 0.6 is 11.3 Å². The van der Waals surface area contributed by atoms with Crippen molar-refractivity contribution < 1.29 is 9.18 Å². The number of fused-ring (bicyclic) bond motifs is 2. The molecule has 1 saturated carbocycles. The second-order valence-electron chi connectivity index (χ2n) is 10.7. The number of allylic oxidation sites excluding steroid dienone is 4. The van der Waals surface area contributed by atoms with Crippen LogP contribution < -0.4 is 11.1 Å². The minimum atomic E-state index is -0.605. The Bertz CT molecular complexity index is 1850. The highest BCUT2D eigenvalue weighted by Crippen LogP contribution is 2.34. The lowest BCUT2D eigenvalue weighted by Crippen LogP contribution is -2.33. The summed E-state index contributed by atoms with van der Waals surface area (Å²) in [6, 6.07) is 3.80. The lowest BCUT2D eigenvalue weighted by Gasteiger charge is -2.18. The van der Waals surface area contributed by atoms with Crippen LogP contribution in [0.25, 0.3) is 50.3 Å². The second kappa shape index (κ2) is 9.83. The Morgan fingerprint density at radius 3 is 2.70 bits per heavy atom. The Labute approximate surface area is 233 Å². The highest BCUT2D eigenvalue weighted by molar-refractivity contribution is 7.08. The number of aromatic amines is 2. The van der Waals surface area contributed by atoms with E-state index in [9.17, 15) is 4.79 Å². The van der Waals surface area contributed by atoms with Gasteiger partial charge in [0, 0.05) is 40.0 Å². The van der Waals surface area contributed by atoms with Crippen LogP contribution in [0, 0.1) is 11.2 Å². The van der Waals surface area contributed by atoms with Crippen LogP contribution in [-0.2, 0) is 4.79 Å². The van der Waals surface area contributed by atoms with Crippen molar-refractivity contribution in [1.82, 2.24) is 35.5 Å². The molecule has 5 aromatic rings. The van der Waals surface area contributed by atoms with Crippen molar-refractivity contribution in [3.63, 3.8) is 0 Å². The number of halogens is 1. The molecule has 0 saturated heterocycles. The van der Waals surface area contributed by atoms with E-state index in [0.717, 1.165) is 29.6 Å². The Morgan fingerprint density at radius 2 is 2.00 bits per heavy atom. The maximum absolute atomic E-state index is 16.2. The predicted octanol–water partition coefficient (Wildman–Crippen LogP) is 5.83. The third kappa shape index (κ3) is 4.79. The molecule has 0 aromatic carbocycles. The van der Waals surface area contributed by atoms with Crippen LogP contribution in [-0.4, -0.2) is 36.0 Å². The van der Waals surface area contributed by atoms with Crippen molar-refractivity contribution in [2.24, 2.45) is 11.1 Å². The number of nitrogens with one attached hydrogen (secondary N) is 3. The number of imidazole rings is 1. The summed E-state index contributed by atoms with van der Waals surface area (Å²) >= 11 is 1.57. The van der Waals surface area contributed by atoms with E-state index in [1.807, 2.05) is 49.7 Å². The third-order valence-electron chi connectivity index (χ3n) is 6.57. The topological polar surface area (TPSA) is 138 Å². The molecule has 40 heavy (non-hydrogen) atoms. The molecule has 1 amide bonds. The van der Waals surface area contributed by atoms with Gasteiger partial charge in [0.1, 0.15) is 16.9 Å². The fraction of sp³-hybridized carbons (Fsp3) is 0.207. The predicted molar refractivity (Wildman–Crippen MR) is 155 cm³/mol. The zero-order valence-corrected chi connectivity index (χ0v) is 23.0. The second-order valence-corrected chi connectivity index (χ2v) is 11.4. The summed E-state index contributed by atoms with van der Waals surface area (Å²) in [7, 11) is 0. The van der Waals surface area contributed by atoms with E-state index in [1.165, 1.54) is 18.0 Å². The molecule has 1 fully saturated rings. The Balaban J connectivity index is 1.43. The number of aromatic nitrogens is 6. The molecule has 0 bridgehead atoms. The summed E-state index contributed by atoms with van der Waals surface area (Å²) in [5.74, 6) is -0.367. The standard InChI is InChI=1S/C29H27FN8OS/c1-29(2,3)28(39)34-18(10-15-4-5-15)11-17(12-31)23-22(30)21-20(13-33-23)37-38-26(21)27-35-19-6-8-32-24(25(19)36-27)16-7-9-40-14-16/h6-14H,4-5,31H2,1-3H3,(H,34,39)(H,35,36)(H,37,38)/b17-12+,18-11+. The van der Waals surface area contributed by atoms with Crippen molar-refractivity contribution in [3.05, 3.63) is 76.4 Å². The van der Waals surface area contributed by atoms with E-state index in [1.54, 1.807) is 23.6 Å². The number of amides is 1. The number of pyridine rings is 2. The smallest absolute Gasteiger partial charge is 0.229 e. The van der Waals surface area contributed by atoms with E-state index in [-0.39, 0.29) is 17.0 Å². The van der Waals surface area contributed by atoms with Gasteiger partial charge in [-0.25, -0.2) is 9.37 Å². The van der Waals surface area contributed by atoms with Gasteiger partial charge in [-0.2, -0.15) is 16.4 Å². The quantitative estimate of drug-likeness (QED) is 0.195. The first kappa shape index (κ1) is 25.6. The first-order valence-electron chi connectivity index (χ1n) is 12.8. The Morgan fingerprint density at radius 1 is 1.18 bits per heavy atom. The van der Waals surface area contributed by atoms with Gasteiger partial charge in [0.2, 0.25) is 5.91 Å². The number of carbonyl (C=O) groups is 1. The summed E-state index contributed by atoms with van der Waals surface area (Å²) in [4.78, 5) is 29.6. The maximum Gasteiger partial charge on any atom is 0.229 e. The van der Waals surface area contributed by atoms with E-state index in [4.69, 9.17) is 10.7 Å². The molecule has 5 N–H and O–H groups in total. The van der Waals surface area contributed by atoms with Crippen LogP contribution in [0.1, 0.15) is 39.3 Å². The molecule has 0 unspecified atom stereocenters. The number of nitrogens with two attached hydrogens (primary N) is 1. The number of hydrogen-bond donors (Lipinski definition) is 4. The van der Waals surface area contributed by atoms with Crippen molar-refractivity contribution in [2.45, 2.75) is 33.6 Å². The minimum absolute atomic E-state index is 0.0334. The van der Waals surface area contributed by atoms with Crippen molar-refractivity contribution in [2.75, 3.05) is 0 Å². The fourth-order valence-electron chi connectivity index (χ4n) is 4.24. The highest BCUT2D eigenvalue weighted by Gasteiger charge is 2.24. The maximum atomic E-state index is 16.2. The van der Waals surface area contributed by atoms with E-state index < -0.39 is 11.2 Å². The van der Waals surface area contributed by atoms with Gasteiger partial charge in [0.05, 0.1) is 28.3 Å². The van der Waals surface area contributed by atoms with Crippen molar-refractivity contribution >= 4 is 44.8 Å². The fourth-order valence-corrected chi connectivity index (χ4v) is 4.88. The molecule has 0 atom stereocenters. The van der Waals surface area contributed by atoms with Crippen LogP contribution in [0.5, 0.6) is 0 Å². The van der Waals surface area contributed by atoms with Crippen LogP contribution in [0.4, 0.5) is 4.39 Å². The van der Waals surface area contributed by atoms with Crippen LogP contribution in [0.2, 0.25) is 0 Å². The SMILES string of the molecule is CC(C)(C)C(=O)N/C(C=C1CC1)=C/C(=C\N)c1ncc2[nH]nc(-c3nc4c(-c5ccsc5)nccc4[nH]3)c2c1F. The molecule has 5 heterocycles. The number of thiophene rings is 1. The van der Waals surface area contributed by atoms with Gasteiger partial charge < -0.3 is 16.0 Å². The summed E-state index contributed by atoms with van der Waals surface area (Å²) in [5, 5.41) is 14.4. The lowest BCUT2D eigenvalue weighted by atomic mass is 9.95. The van der Waals surface area contributed by atoms with E-state index in [2.05, 4.69) is 30.5 Å². The third-order valence-corrected chi connectivity index (χ3v) is 7.25. The van der Waals surface area contributed by atoms with Gasteiger partial charge in [-0.1, -0.05) is 26.3 Å². The molecule has 11 heteroatoms. The molecule has 0 radical (unpaired) electrons. The van der Waals surface area contributed by atoms with E-state index >= 15 is 4.39 Å². The molecule has 1 aliphatic rings. The van der Waals surface area contributed by atoms with E-state index in [0.29, 0.717) is 33.8 Å². The number of carbonyl (C=O) groups excluding carboxylic acids is 1. The monoisotopic (exact) mass is 554 g/mol. The number of H-pyrrole nitrogens is 2. The summed E-state index contributed by atoms with van der Waals surface area (Å²) < 4.78 is 16.2. The van der Waals surface area contributed by atoms with Gasteiger partial charge in [0.25, 0.3) is 0 Å². The largest absolute Gasteiger partial charge is 0.404 e. The van der Waals surface area contributed by atoms with Gasteiger partial charge >= 0.3 is 0 Å². The molecule has 202 valence electrons. The number of hydrogen-bond acceptors (Lipinski definition) is 7. The minimum Gasteiger partial charge on any atom is -0.404 e. The van der Waals surface area contributed by atoms with Gasteiger partial charge in [-0.15, -0.1) is 0 Å². The Kier molecular flexibility index (Phi) is 6.30. The summed E-state index contributed by atoms with van der Waals surface area (Å²) in [6.07, 6.45) is 9.97. The lowest BCUT2D eigenvalue weighted by molar-refractivity contribution is -0.127. The van der Waals surface area contributed by atoms with Gasteiger partial charge in [-0.3, -0.25) is 19.9 Å². The number of nitrogens with zero attached hydrogens (tertiary/aromatic N) is 4. The first-order valence-corrected chi connectivity index (χ1v) is 13.7.